The molecule has 0 saturated carbocycles. The van der Waals surface area contributed by atoms with Crippen molar-refractivity contribution in [3.63, 3.8) is 0 Å². The zero-order chi connectivity index (χ0) is 11.8. The van der Waals surface area contributed by atoms with Gasteiger partial charge in [-0.3, -0.25) is 0 Å². The quantitative estimate of drug-likeness (QED) is 0.854. The van der Waals surface area contributed by atoms with Gasteiger partial charge in [0.15, 0.2) is 0 Å². The Morgan fingerprint density at radius 1 is 1.41 bits per heavy atom. The lowest BCUT2D eigenvalue weighted by atomic mass is 9.84. The van der Waals surface area contributed by atoms with Crippen LogP contribution in [0.15, 0.2) is 0 Å². The van der Waals surface area contributed by atoms with Gasteiger partial charge in [-0.15, -0.1) is 0 Å². The molecule has 0 aromatic carbocycles. The number of ether oxygens (including phenoxy) is 1. The van der Waals surface area contributed by atoms with Crippen molar-refractivity contribution in [2.75, 3.05) is 6.61 Å². The number of H-pyrrole nitrogens is 1. The van der Waals surface area contributed by atoms with E-state index in [0.29, 0.717) is 12.0 Å². The molecule has 1 aliphatic heterocycles. The fourth-order valence-electron chi connectivity index (χ4n) is 3.31. The Hall–Kier alpha value is -0.830. The number of nitrogens with one attached hydrogen (secondary N) is 1. The van der Waals surface area contributed by atoms with E-state index in [9.17, 15) is 0 Å². The molecule has 94 valence electrons. The number of aromatic nitrogens is 2. The number of imidazole rings is 1. The van der Waals surface area contributed by atoms with E-state index in [1.54, 1.807) is 0 Å². The van der Waals surface area contributed by atoms with E-state index in [4.69, 9.17) is 9.72 Å². The molecule has 17 heavy (non-hydrogen) atoms. The molecule has 0 radical (unpaired) electrons. The SMILES string of the molecule is CC1Cc2[nH]c(CC3CCCO3)nc2C(C)C1. The fraction of sp³-hybridized carbons (Fsp3) is 0.786. The van der Waals surface area contributed by atoms with Crippen LogP contribution in [0.5, 0.6) is 0 Å². The van der Waals surface area contributed by atoms with Gasteiger partial charge in [0.1, 0.15) is 5.82 Å². The minimum Gasteiger partial charge on any atom is -0.378 e. The molecule has 3 atom stereocenters. The van der Waals surface area contributed by atoms with E-state index in [1.165, 1.54) is 30.7 Å². The fourth-order valence-corrected chi connectivity index (χ4v) is 3.31. The molecule has 1 fully saturated rings. The first-order valence-electron chi connectivity index (χ1n) is 6.91. The second-order valence-corrected chi connectivity index (χ2v) is 5.83. The summed E-state index contributed by atoms with van der Waals surface area (Å²) in [6.45, 7) is 5.56. The number of aromatic amines is 1. The molecule has 3 unspecified atom stereocenters. The van der Waals surface area contributed by atoms with Gasteiger partial charge in [0.05, 0.1) is 11.8 Å². The Bertz CT molecular complexity index is 393. The summed E-state index contributed by atoms with van der Waals surface area (Å²) in [5.41, 5.74) is 2.69. The molecule has 3 rings (SSSR count). The van der Waals surface area contributed by atoms with E-state index in [-0.39, 0.29) is 0 Å². The monoisotopic (exact) mass is 234 g/mol. The molecule has 0 spiro atoms. The van der Waals surface area contributed by atoms with Crippen LogP contribution in [-0.2, 0) is 17.6 Å². The predicted octanol–water partition coefficient (Wildman–Crippen LogP) is 2.82. The molecule has 0 amide bonds. The maximum absolute atomic E-state index is 5.68. The standard InChI is InChI=1S/C14H22N2O/c1-9-6-10(2)14-12(7-9)15-13(16-14)8-11-4-3-5-17-11/h9-11H,3-8H2,1-2H3,(H,15,16). The maximum atomic E-state index is 5.68. The summed E-state index contributed by atoms with van der Waals surface area (Å²) in [5, 5.41) is 0. The van der Waals surface area contributed by atoms with Crippen molar-refractivity contribution in [3.8, 4) is 0 Å². The van der Waals surface area contributed by atoms with Crippen molar-refractivity contribution in [1.82, 2.24) is 9.97 Å². The van der Waals surface area contributed by atoms with E-state index < -0.39 is 0 Å². The lowest BCUT2D eigenvalue weighted by Gasteiger charge is -2.22. The Kier molecular flexibility index (Phi) is 2.95. The molecule has 1 N–H and O–H groups in total. The van der Waals surface area contributed by atoms with Crippen molar-refractivity contribution in [1.29, 1.82) is 0 Å². The first-order valence-corrected chi connectivity index (χ1v) is 6.91. The Labute approximate surface area is 103 Å². The van der Waals surface area contributed by atoms with E-state index in [2.05, 4.69) is 18.8 Å². The number of hydrogen-bond acceptors (Lipinski definition) is 2. The van der Waals surface area contributed by atoms with Crippen LogP contribution >= 0.6 is 0 Å². The van der Waals surface area contributed by atoms with Crippen LogP contribution in [0.2, 0.25) is 0 Å². The number of hydrogen-bond donors (Lipinski definition) is 1. The molecular formula is C14H22N2O. The normalized spacial score (nSPS) is 32.7. The van der Waals surface area contributed by atoms with Gasteiger partial charge < -0.3 is 9.72 Å². The van der Waals surface area contributed by atoms with E-state index in [0.717, 1.165) is 31.2 Å². The van der Waals surface area contributed by atoms with Gasteiger partial charge in [0, 0.05) is 24.6 Å². The highest BCUT2D eigenvalue weighted by Gasteiger charge is 2.26. The average molecular weight is 234 g/mol. The van der Waals surface area contributed by atoms with Gasteiger partial charge >= 0.3 is 0 Å². The summed E-state index contributed by atoms with van der Waals surface area (Å²) < 4.78 is 5.68. The molecule has 0 bridgehead atoms. The van der Waals surface area contributed by atoms with Crippen LogP contribution in [-0.4, -0.2) is 22.7 Å². The highest BCUT2D eigenvalue weighted by atomic mass is 16.5. The summed E-state index contributed by atoms with van der Waals surface area (Å²) >= 11 is 0. The van der Waals surface area contributed by atoms with Crippen LogP contribution in [0.25, 0.3) is 0 Å². The molecule has 2 heterocycles. The zero-order valence-corrected chi connectivity index (χ0v) is 10.8. The molecule has 3 nitrogen and oxygen atoms in total. The minimum absolute atomic E-state index is 0.398. The summed E-state index contributed by atoms with van der Waals surface area (Å²) in [7, 11) is 0. The van der Waals surface area contributed by atoms with Crippen LogP contribution in [0, 0.1) is 5.92 Å². The van der Waals surface area contributed by atoms with Gasteiger partial charge in [0.25, 0.3) is 0 Å². The molecule has 1 saturated heterocycles. The number of fused-ring (bicyclic) bond motifs is 1. The summed E-state index contributed by atoms with van der Waals surface area (Å²) in [4.78, 5) is 8.32. The molecular weight excluding hydrogens is 212 g/mol. The van der Waals surface area contributed by atoms with E-state index in [1.807, 2.05) is 0 Å². The largest absolute Gasteiger partial charge is 0.378 e. The second-order valence-electron chi connectivity index (χ2n) is 5.83. The molecule has 1 aromatic heterocycles. The van der Waals surface area contributed by atoms with Crippen molar-refractivity contribution < 1.29 is 4.74 Å². The van der Waals surface area contributed by atoms with Gasteiger partial charge in [-0.2, -0.15) is 0 Å². The second kappa shape index (κ2) is 4.45. The summed E-state index contributed by atoms with van der Waals surface area (Å²) in [6.07, 6.45) is 6.20. The van der Waals surface area contributed by atoms with Crippen molar-refractivity contribution in [3.05, 3.63) is 17.2 Å². The van der Waals surface area contributed by atoms with Gasteiger partial charge in [-0.05, 0) is 31.6 Å². The lowest BCUT2D eigenvalue weighted by Crippen LogP contribution is -2.14. The predicted molar refractivity (Wildman–Crippen MR) is 67.2 cm³/mol. The Morgan fingerprint density at radius 2 is 2.29 bits per heavy atom. The van der Waals surface area contributed by atoms with Gasteiger partial charge in [-0.1, -0.05) is 13.8 Å². The highest BCUT2D eigenvalue weighted by Crippen LogP contribution is 2.33. The molecule has 1 aromatic rings. The van der Waals surface area contributed by atoms with E-state index >= 15 is 0 Å². The third-order valence-electron chi connectivity index (χ3n) is 4.08. The van der Waals surface area contributed by atoms with Crippen LogP contribution in [0.1, 0.15) is 56.2 Å². The van der Waals surface area contributed by atoms with Crippen molar-refractivity contribution in [2.24, 2.45) is 5.92 Å². The Morgan fingerprint density at radius 3 is 3.06 bits per heavy atom. The zero-order valence-electron chi connectivity index (χ0n) is 10.8. The molecule has 2 aliphatic rings. The van der Waals surface area contributed by atoms with Crippen molar-refractivity contribution in [2.45, 2.75) is 58.0 Å². The van der Waals surface area contributed by atoms with Crippen molar-refractivity contribution >= 4 is 0 Å². The van der Waals surface area contributed by atoms with Crippen LogP contribution in [0.3, 0.4) is 0 Å². The third-order valence-corrected chi connectivity index (χ3v) is 4.08. The summed E-state index contributed by atoms with van der Waals surface area (Å²) in [6, 6.07) is 0. The van der Waals surface area contributed by atoms with Gasteiger partial charge in [0.2, 0.25) is 0 Å². The number of nitrogens with zero attached hydrogens (tertiary/aromatic N) is 1. The van der Waals surface area contributed by atoms with Crippen LogP contribution in [0.4, 0.5) is 0 Å². The maximum Gasteiger partial charge on any atom is 0.109 e. The van der Waals surface area contributed by atoms with Gasteiger partial charge in [-0.25, -0.2) is 4.98 Å². The lowest BCUT2D eigenvalue weighted by molar-refractivity contribution is 0.110. The smallest absolute Gasteiger partial charge is 0.109 e. The first kappa shape index (κ1) is 11.3. The third kappa shape index (κ3) is 2.25. The number of rotatable bonds is 2. The molecule has 3 heteroatoms. The topological polar surface area (TPSA) is 37.9 Å². The van der Waals surface area contributed by atoms with Crippen LogP contribution < -0.4 is 0 Å². The minimum atomic E-state index is 0.398. The Balaban J connectivity index is 1.76. The summed E-state index contributed by atoms with van der Waals surface area (Å²) in [5.74, 6) is 2.54. The average Bonchev–Trinajstić information content (AvgIpc) is 2.87. The first-order chi connectivity index (χ1) is 8.22. The highest BCUT2D eigenvalue weighted by molar-refractivity contribution is 5.22. The molecule has 1 aliphatic carbocycles.